The molecule has 1 saturated heterocycles. The number of nitrogens with zero attached hydrogens (tertiary/aromatic N) is 4. The molecule has 15 N–H and O–H groups in total. The van der Waals surface area contributed by atoms with Gasteiger partial charge >= 0.3 is 257 Å². The summed E-state index contributed by atoms with van der Waals surface area (Å²) in [4.78, 5) is 67.7. The maximum absolute atomic E-state index is 12.4. The van der Waals surface area contributed by atoms with E-state index in [0.29, 0.717) is 11.5 Å². The Bertz CT molecular complexity index is 1890. The van der Waals surface area contributed by atoms with Crippen LogP contribution < -0.4 is 48.1 Å². The Hall–Kier alpha value is -4.57. The number of hydrogen-bond donors (Lipinski definition) is 12. The van der Waals surface area contributed by atoms with Crippen molar-refractivity contribution in [1.82, 2.24) is 35.5 Å². The number of nitrogens with two attached hydrogens (primary N) is 3. The van der Waals surface area contributed by atoms with Gasteiger partial charge in [0, 0.05) is 0 Å². The van der Waals surface area contributed by atoms with Gasteiger partial charge in [-0.15, -0.1) is 0 Å². The Labute approximate surface area is 256 Å². The van der Waals surface area contributed by atoms with E-state index in [4.69, 9.17) is 44.5 Å². The van der Waals surface area contributed by atoms with Crippen LogP contribution in [0.2, 0.25) is 0 Å². The Morgan fingerprint density at radius 3 is 2.72 bits per heavy atom. The van der Waals surface area contributed by atoms with Gasteiger partial charge in [0.05, 0.1) is 0 Å². The molecule has 2 atom stereocenters. The summed E-state index contributed by atoms with van der Waals surface area (Å²) in [5.74, 6) is -3.77. The van der Waals surface area contributed by atoms with Crippen LogP contribution in [0.3, 0.4) is 0 Å². The van der Waals surface area contributed by atoms with Gasteiger partial charge in [-0.1, -0.05) is 0 Å². The first kappa shape index (κ1) is 30.1. The molecule has 7 heterocycles. The fraction of sp³-hybridized carbons (Fsp3) is 0.286. The number of aromatic amines is 1. The number of imidazole rings is 1. The summed E-state index contributed by atoms with van der Waals surface area (Å²) in [7, 11) is -10.4. The number of fused-ring (bicyclic) bond motifs is 5. The average Bonchev–Trinajstić information content (AvgIpc) is 3.75. The molecule has 3 aromatic rings. The number of aromatic hydroxyl groups is 1. The zero-order valence-corrected chi connectivity index (χ0v) is 25.3. The quantitative estimate of drug-likeness (QED) is 0.122. The van der Waals surface area contributed by atoms with E-state index in [0.717, 1.165) is 17.2 Å². The van der Waals surface area contributed by atoms with Crippen LogP contribution in [0.5, 0.6) is 11.5 Å². The second-order valence-electron chi connectivity index (χ2n) is 10.1. The van der Waals surface area contributed by atoms with Crippen molar-refractivity contribution >= 4 is 45.2 Å². The Morgan fingerprint density at radius 2 is 1.93 bits per heavy atom. The predicted octanol–water partition coefficient (Wildman–Crippen LogP) is -3.02. The zero-order chi connectivity index (χ0) is 32.5. The van der Waals surface area contributed by atoms with Crippen molar-refractivity contribution < 1.29 is 51.9 Å². The van der Waals surface area contributed by atoms with Crippen molar-refractivity contribution in [1.29, 1.82) is 0 Å². The maximum atomic E-state index is 12.4. The van der Waals surface area contributed by atoms with Gasteiger partial charge in [0.25, 0.3) is 0 Å². The molecule has 2 bridgehead atoms. The van der Waals surface area contributed by atoms with E-state index in [1.807, 2.05) is 0 Å². The normalized spacial score (nSPS) is 26.3. The molecule has 7 rings (SSSR count). The molecule has 46 heavy (non-hydrogen) atoms. The topological polar surface area (TPSA) is 341 Å². The van der Waals surface area contributed by atoms with Gasteiger partial charge in [0.2, 0.25) is 0 Å². The predicted molar refractivity (Wildman–Crippen MR) is 158 cm³/mol. The first-order valence-electron chi connectivity index (χ1n) is 13.3. The van der Waals surface area contributed by atoms with E-state index in [1.165, 1.54) is 4.90 Å². The third-order valence-corrected chi connectivity index (χ3v) is 9.11. The fourth-order valence-corrected chi connectivity index (χ4v) is 6.84. The van der Waals surface area contributed by atoms with Crippen molar-refractivity contribution in [3.63, 3.8) is 0 Å². The summed E-state index contributed by atoms with van der Waals surface area (Å²) in [5.41, 5.74) is 17.3. The number of nitrogens with one attached hydrogen (secondary N) is 4. The summed E-state index contributed by atoms with van der Waals surface area (Å²) in [6.07, 6.45) is 1.31. The molecule has 3 aromatic heterocycles. The monoisotopic (exact) mass is 689 g/mol. The molecule has 0 saturated carbocycles. The number of nitrogen functional groups attached to an aromatic ring is 1. The number of anilines is 2. The number of hydrogen-bond acceptors (Lipinski definition) is 21. The van der Waals surface area contributed by atoms with Crippen LogP contribution in [0.25, 0.3) is 17.0 Å². The third-order valence-electron chi connectivity index (χ3n) is 7.20. The molecule has 250 valence electrons. The number of rotatable bonds is 3. The first-order valence-corrected chi connectivity index (χ1v) is 16.7. The van der Waals surface area contributed by atoms with Crippen LogP contribution in [0.15, 0.2) is 44.8 Å². The first-order chi connectivity index (χ1) is 21.9. The van der Waals surface area contributed by atoms with Gasteiger partial charge < -0.3 is 0 Å². The Morgan fingerprint density at radius 1 is 1.13 bits per heavy atom. The van der Waals surface area contributed by atoms with Crippen LogP contribution in [0.1, 0.15) is 5.76 Å². The van der Waals surface area contributed by atoms with Gasteiger partial charge in [-0.25, -0.2) is 0 Å². The zero-order valence-electron chi connectivity index (χ0n) is 23.3. The van der Waals surface area contributed by atoms with E-state index in [-0.39, 0.29) is 60.3 Å². The number of ether oxygens (including phenoxy) is 1. The summed E-state index contributed by atoms with van der Waals surface area (Å²) in [6, 6.07) is 0. The van der Waals surface area contributed by atoms with Crippen LogP contribution in [-0.2, 0) is 24.9 Å². The molecular formula is C21H29N11O12P2. The molecule has 4 aliphatic rings. The van der Waals surface area contributed by atoms with Crippen LogP contribution in [0.4, 0.5) is 11.8 Å². The molecule has 23 nitrogen and oxygen atoms in total. The van der Waals surface area contributed by atoms with E-state index in [2.05, 4.69) is 30.9 Å². The standard InChI is InChI=1S/C21H29N11O12P2/c22-1-7-8-2-39-46(37,38)44-14-9(42-19(12(14)33)31-5-27-10-15(23)25-4-26-16(10)31)3-40-45(35,36)43-13(7)20(41-8)32-6-28-11-17(32)29-21(24)30-18(11)34/h2,6-7,16,25-27,33,35-38,45-46H,1,3-5,22-23H2,(H3,24,29,30,34)/b8-2+/t7-,16?/m1/s1. The van der Waals surface area contributed by atoms with Gasteiger partial charge in [0.15, 0.2) is 0 Å². The Kier molecular flexibility index (Phi) is 7.04. The second kappa shape index (κ2) is 10.8. The van der Waals surface area contributed by atoms with Crippen molar-refractivity contribution in [3.8, 4) is 11.5 Å². The van der Waals surface area contributed by atoms with Crippen molar-refractivity contribution in [2.24, 2.45) is 17.4 Å². The molecule has 0 aromatic carbocycles. The molecule has 25 heteroatoms. The second-order valence-corrected chi connectivity index (χ2v) is 13.3. The van der Waals surface area contributed by atoms with Gasteiger partial charge in [0.1, 0.15) is 0 Å². The van der Waals surface area contributed by atoms with Gasteiger partial charge in [-0.3, -0.25) is 0 Å². The van der Waals surface area contributed by atoms with Crippen LogP contribution in [0, 0.1) is 5.92 Å². The summed E-state index contributed by atoms with van der Waals surface area (Å²) < 4.78 is 34.2. The summed E-state index contributed by atoms with van der Waals surface area (Å²) in [5, 5.41) is 20.2. The van der Waals surface area contributed by atoms with E-state index in [9.17, 15) is 29.5 Å². The number of H-pyrrole nitrogens is 1. The molecule has 0 aliphatic carbocycles. The van der Waals surface area contributed by atoms with Crippen molar-refractivity contribution in [2.75, 3.05) is 30.5 Å². The Balaban J connectivity index is 1.29. The molecule has 0 amide bonds. The third kappa shape index (κ3) is 5.05. The SMILES string of the molecule is NC[C@H]1C2=C(n3cnc4c(=O)[nH]c(N)nc43)O/C1=C/O[PH](O)(O)Oc1c(oc(N3CNC4=C(N)NCNC43)c1O)CO[PH](O)(O)O2. The summed E-state index contributed by atoms with van der Waals surface area (Å²) in [6.45, 7) is -0.750. The van der Waals surface area contributed by atoms with Crippen molar-refractivity contribution in [3.05, 3.63) is 51.7 Å². The molecule has 0 radical (unpaired) electrons. The molecule has 1 fully saturated rings. The average molecular weight is 689 g/mol. The minimum atomic E-state index is -5.23. The van der Waals surface area contributed by atoms with Gasteiger partial charge in [-0.2, -0.15) is 0 Å². The van der Waals surface area contributed by atoms with Gasteiger partial charge in [-0.05, 0) is 0 Å². The van der Waals surface area contributed by atoms with E-state index >= 15 is 0 Å². The molecule has 0 spiro atoms. The van der Waals surface area contributed by atoms with E-state index < -0.39 is 57.8 Å². The minimum absolute atomic E-state index is 0.0888. The number of furan rings is 1. The fourth-order valence-electron chi connectivity index (χ4n) is 5.15. The number of aromatic nitrogens is 4. The molecule has 4 aliphatic heterocycles. The van der Waals surface area contributed by atoms with E-state index in [1.54, 1.807) is 0 Å². The van der Waals surface area contributed by atoms with Crippen LogP contribution >= 0.6 is 16.3 Å². The summed E-state index contributed by atoms with van der Waals surface area (Å²) >= 11 is 0. The molecule has 1 unspecified atom stereocenters. The van der Waals surface area contributed by atoms with Crippen LogP contribution in [-0.4, -0.2) is 70.2 Å². The molecular weight excluding hydrogens is 660 g/mol. The van der Waals surface area contributed by atoms with Crippen molar-refractivity contribution in [2.45, 2.75) is 12.8 Å².